The van der Waals surface area contributed by atoms with Crippen LogP contribution in [0.5, 0.6) is 0 Å². The second-order valence-electron chi connectivity index (χ2n) is 2.28. The fraction of sp³-hybridized carbons (Fsp3) is 0.125. The van der Waals surface area contributed by atoms with E-state index in [4.69, 9.17) is 22.7 Å². The van der Waals surface area contributed by atoms with Crippen LogP contribution >= 0.6 is 23.4 Å². The lowest BCUT2D eigenvalue weighted by molar-refractivity contribution is -0.110. The summed E-state index contributed by atoms with van der Waals surface area (Å²) < 4.78 is 0. The van der Waals surface area contributed by atoms with Gasteiger partial charge in [0.1, 0.15) is 0 Å². The van der Waals surface area contributed by atoms with Crippen LogP contribution in [0, 0.1) is 0 Å². The zero-order chi connectivity index (χ0) is 8.97. The molecule has 0 saturated heterocycles. The average molecular weight is 237 g/mol. The number of rotatable bonds is 2. The van der Waals surface area contributed by atoms with Gasteiger partial charge in [-0.1, -0.05) is 29.8 Å². The number of nitrogens with two attached hydrogens (primary N) is 2. The van der Waals surface area contributed by atoms with Gasteiger partial charge in [-0.25, -0.2) is 0 Å². The second kappa shape index (κ2) is 6.13. The monoisotopic (exact) mass is 236 g/mol. The quantitative estimate of drug-likeness (QED) is 0.447. The Morgan fingerprint density at radius 1 is 1.46 bits per heavy atom. The molecule has 0 aliphatic rings. The number of halogens is 2. The van der Waals surface area contributed by atoms with Crippen molar-refractivity contribution in [3.63, 3.8) is 0 Å². The molecule has 4 N–H and O–H groups in total. The summed E-state index contributed by atoms with van der Waals surface area (Å²) >= 11 is 7.29. The molecular weight excluding hydrogens is 227 g/mol. The lowest BCUT2D eigenvalue weighted by Crippen LogP contribution is -3.00. The molecule has 13 heavy (non-hydrogen) atoms. The zero-order valence-electron chi connectivity index (χ0n) is 6.84. The summed E-state index contributed by atoms with van der Waals surface area (Å²) in [5.41, 5.74) is 6.36. The lowest BCUT2D eigenvalue weighted by atomic mass is 10.2. The van der Waals surface area contributed by atoms with Gasteiger partial charge in [-0.3, -0.25) is 11.1 Å². The summed E-state index contributed by atoms with van der Waals surface area (Å²) in [5, 5.41) is 6.43. The van der Waals surface area contributed by atoms with Gasteiger partial charge in [-0.2, -0.15) is 0 Å². The van der Waals surface area contributed by atoms with E-state index in [0.717, 1.165) is 16.3 Å². The molecule has 1 rings (SSSR count). The predicted molar refractivity (Wildman–Crippen MR) is 53.9 cm³/mol. The van der Waals surface area contributed by atoms with Crippen molar-refractivity contribution < 1.29 is 17.8 Å². The Bertz CT molecular complexity index is 291. The fourth-order valence-electron chi connectivity index (χ4n) is 0.777. The number of hydrogen-bond acceptors (Lipinski definition) is 1. The molecule has 0 fully saturated rings. The van der Waals surface area contributed by atoms with Crippen LogP contribution in [-0.2, 0) is 5.75 Å². The van der Waals surface area contributed by atoms with E-state index in [-0.39, 0.29) is 12.4 Å². The molecule has 0 heterocycles. The highest BCUT2D eigenvalue weighted by Crippen LogP contribution is 2.19. The van der Waals surface area contributed by atoms with Crippen molar-refractivity contribution in [2.24, 2.45) is 5.73 Å². The minimum Gasteiger partial charge on any atom is -1.00 e. The molecule has 1 aromatic carbocycles. The molecule has 0 spiro atoms. The third-order valence-electron chi connectivity index (χ3n) is 1.35. The fourth-order valence-corrected chi connectivity index (χ4v) is 1.63. The van der Waals surface area contributed by atoms with E-state index < -0.39 is 0 Å². The molecule has 72 valence electrons. The minimum atomic E-state index is 0. The number of thioether (sulfide) groups is 1. The van der Waals surface area contributed by atoms with Gasteiger partial charge in [-0.15, -0.1) is 0 Å². The van der Waals surface area contributed by atoms with Gasteiger partial charge in [0, 0.05) is 10.8 Å². The van der Waals surface area contributed by atoms with E-state index in [1.165, 1.54) is 11.8 Å². The third-order valence-corrected chi connectivity index (χ3v) is 2.51. The molecule has 0 aliphatic carbocycles. The van der Waals surface area contributed by atoms with Crippen molar-refractivity contribution in [2.45, 2.75) is 5.75 Å². The van der Waals surface area contributed by atoms with E-state index in [2.05, 4.69) is 0 Å². The van der Waals surface area contributed by atoms with E-state index >= 15 is 0 Å². The number of amidine groups is 1. The van der Waals surface area contributed by atoms with Gasteiger partial charge in [0.15, 0.2) is 0 Å². The molecule has 0 amide bonds. The number of benzene rings is 1. The summed E-state index contributed by atoms with van der Waals surface area (Å²) in [4.78, 5) is 0. The summed E-state index contributed by atoms with van der Waals surface area (Å²) in [5.74, 6) is 0.724. The Kier molecular flexibility index (Phi) is 5.95. The molecule has 0 bridgehead atoms. The maximum Gasteiger partial charge on any atom is 0.300 e. The van der Waals surface area contributed by atoms with Gasteiger partial charge in [0.05, 0.1) is 0 Å². The van der Waals surface area contributed by atoms with Gasteiger partial charge in [-0.05, 0) is 23.4 Å². The van der Waals surface area contributed by atoms with Crippen LogP contribution in [0.15, 0.2) is 24.3 Å². The Labute approximate surface area is 92.8 Å². The van der Waals surface area contributed by atoms with Crippen LogP contribution in [0.25, 0.3) is 0 Å². The molecule has 0 radical (unpaired) electrons. The van der Waals surface area contributed by atoms with Crippen LogP contribution in [-0.4, -0.2) is 5.17 Å². The van der Waals surface area contributed by atoms with Crippen molar-refractivity contribution in [1.82, 2.24) is 0 Å². The van der Waals surface area contributed by atoms with E-state index in [1.54, 1.807) is 0 Å². The molecule has 1 aromatic rings. The Morgan fingerprint density at radius 3 is 2.62 bits per heavy atom. The van der Waals surface area contributed by atoms with E-state index in [1.807, 2.05) is 24.3 Å². The van der Waals surface area contributed by atoms with Gasteiger partial charge in [0.2, 0.25) is 0 Å². The van der Waals surface area contributed by atoms with Crippen LogP contribution in [0.4, 0.5) is 0 Å². The van der Waals surface area contributed by atoms with Crippen LogP contribution < -0.4 is 23.5 Å². The SMILES string of the molecule is NC(=[NH2+])SCc1ccccc1Cl.[Cl-]. The van der Waals surface area contributed by atoms with E-state index in [9.17, 15) is 0 Å². The topological polar surface area (TPSA) is 51.6 Å². The Balaban J connectivity index is 0.00000144. The molecule has 0 atom stereocenters. The average Bonchev–Trinajstić information content (AvgIpc) is 2.03. The van der Waals surface area contributed by atoms with Crippen LogP contribution in [0.1, 0.15) is 5.56 Å². The summed E-state index contributed by atoms with van der Waals surface area (Å²) in [6.45, 7) is 0. The predicted octanol–water partition coefficient (Wildman–Crippen LogP) is -2.35. The van der Waals surface area contributed by atoms with Crippen molar-refractivity contribution >= 4 is 28.5 Å². The summed E-state index contributed by atoms with van der Waals surface area (Å²) in [7, 11) is 0. The first-order chi connectivity index (χ1) is 5.70. The van der Waals surface area contributed by atoms with Crippen molar-refractivity contribution in [2.75, 3.05) is 0 Å². The standard InChI is InChI=1S/C8H9ClN2S.ClH/c9-7-4-2-1-3-6(7)5-12-8(10)11;/h1-4H,5H2,(H3,10,11);1H. The molecule has 0 saturated carbocycles. The summed E-state index contributed by atoms with van der Waals surface area (Å²) in [6.07, 6.45) is 0. The van der Waals surface area contributed by atoms with Crippen LogP contribution in [0.2, 0.25) is 5.02 Å². The molecule has 0 unspecified atom stereocenters. The smallest absolute Gasteiger partial charge is 0.300 e. The first-order valence-electron chi connectivity index (χ1n) is 3.44. The maximum absolute atomic E-state index is 5.90. The molecule has 2 nitrogen and oxygen atoms in total. The van der Waals surface area contributed by atoms with Gasteiger partial charge in [0.25, 0.3) is 5.17 Å². The molecule has 0 aromatic heterocycles. The summed E-state index contributed by atoms with van der Waals surface area (Å²) in [6, 6.07) is 7.64. The highest BCUT2D eigenvalue weighted by atomic mass is 35.5. The van der Waals surface area contributed by atoms with Crippen molar-refractivity contribution in [1.29, 1.82) is 0 Å². The van der Waals surface area contributed by atoms with Gasteiger partial charge < -0.3 is 12.4 Å². The highest BCUT2D eigenvalue weighted by molar-refractivity contribution is 8.12. The first kappa shape index (κ1) is 12.6. The Morgan fingerprint density at radius 2 is 2.08 bits per heavy atom. The largest absolute Gasteiger partial charge is 1.00 e. The van der Waals surface area contributed by atoms with Crippen molar-refractivity contribution in [3.8, 4) is 0 Å². The molecule has 5 heteroatoms. The molecular formula is C8H10Cl2N2S. The first-order valence-corrected chi connectivity index (χ1v) is 4.80. The van der Waals surface area contributed by atoms with E-state index in [0.29, 0.717) is 5.17 Å². The second-order valence-corrected chi connectivity index (χ2v) is 3.74. The van der Waals surface area contributed by atoms with Crippen molar-refractivity contribution in [3.05, 3.63) is 34.9 Å². The lowest BCUT2D eigenvalue weighted by Gasteiger charge is -1.99. The van der Waals surface area contributed by atoms with Crippen LogP contribution in [0.3, 0.4) is 0 Å². The maximum atomic E-state index is 5.90. The zero-order valence-corrected chi connectivity index (χ0v) is 9.16. The third kappa shape index (κ3) is 4.41. The normalized spacial score (nSPS) is 9.00. The Hall–Kier alpha value is -0.380. The highest BCUT2D eigenvalue weighted by Gasteiger charge is 2.01. The number of hydrogen-bond donors (Lipinski definition) is 2. The molecule has 0 aliphatic heterocycles. The van der Waals surface area contributed by atoms with Gasteiger partial charge >= 0.3 is 0 Å². The minimum absolute atomic E-state index is 0.